The van der Waals surface area contributed by atoms with E-state index in [1.165, 1.54) is 11.3 Å². The average Bonchev–Trinajstić information content (AvgIpc) is 2.08. The van der Waals surface area contributed by atoms with Gasteiger partial charge in [0.05, 0.1) is 0 Å². The summed E-state index contributed by atoms with van der Waals surface area (Å²) < 4.78 is 0. The van der Waals surface area contributed by atoms with E-state index in [1.54, 1.807) is 0 Å². The second-order valence-electron chi connectivity index (χ2n) is 3.41. The summed E-state index contributed by atoms with van der Waals surface area (Å²) in [6.07, 6.45) is 1.14. The van der Waals surface area contributed by atoms with Crippen LogP contribution in [0.1, 0.15) is 19.4 Å². The second-order valence-corrected chi connectivity index (χ2v) is 5.10. The zero-order valence-corrected chi connectivity index (χ0v) is 9.10. The van der Waals surface area contributed by atoms with Gasteiger partial charge in [0.2, 0.25) is 0 Å². The highest BCUT2D eigenvalue weighted by molar-refractivity contribution is 7.99. The van der Waals surface area contributed by atoms with E-state index >= 15 is 0 Å². The van der Waals surface area contributed by atoms with Crippen LogP contribution in [-0.2, 0) is 6.42 Å². The summed E-state index contributed by atoms with van der Waals surface area (Å²) in [4.78, 5) is 0. The Morgan fingerprint density at radius 3 is 2.38 bits per heavy atom. The number of benzene rings is 1. The molecule has 2 N–H and O–H groups in total. The number of thioether (sulfide) groups is 1. The second kappa shape index (κ2) is 5.18. The van der Waals surface area contributed by atoms with Gasteiger partial charge >= 0.3 is 0 Å². The topological polar surface area (TPSA) is 26.0 Å². The molecule has 0 radical (unpaired) electrons. The summed E-state index contributed by atoms with van der Waals surface area (Å²) in [6, 6.07) is 8.15. The molecule has 0 saturated heterocycles. The fourth-order valence-electron chi connectivity index (χ4n) is 1.10. The van der Waals surface area contributed by atoms with Crippen molar-refractivity contribution < 1.29 is 0 Å². The molecule has 0 bridgehead atoms. The Morgan fingerprint density at radius 2 is 1.85 bits per heavy atom. The zero-order chi connectivity index (χ0) is 9.68. The molecule has 0 unspecified atom stereocenters. The summed E-state index contributed by atoms with van der Waals surface area (Å²) in [5, 5.41) is 0.730. The van der Waals surface area contributed by atoms with Gasteiger partial charge in [-0.3, -0.25) is 0 Å². The predicted octanol–water partition coefficient (Wildman–Crippen LogP) is 2.95. The Labute approximate surface area is 84.7 Å². The molecule has 2 heteroatoms. The number of nitrogen functional groups attached to an aromatic ring is 1. The van der Waals surface area contributed by atoms with Crippen LogP contribution in [0.25, 0.3) is 0 Å². The maximum Gasteiger partial charge on any atom is 0.0314 e. The Bertz CT molecular complexity index is 241. The summed E-state index contributed by atoms with van der Waals surface area (Å²) >= 11 is 2.00. The fourth-order valence-corrected chi connectivity index (χ4v) is 1.92. The van der Waals surface area contributed by atoms with Crippen molar-refractivity contribution >= 4 is 17.4 Å². The predicted molar refractivity (Wildman–Crippen MR) is 62.2 cm³/mol. The van der Waals surface area contributed by atoms with Crippen LogP contribution in [0.15, 0.2) is 24.3 Å². The van der Waals surface area contributed by atoms with Gasteiger partial charge in [-0.05, 0) is 35.1 Å². The molecule has 0 heterocycles. The Hall–Kier alpha value is -0.630. The van der Waals surface area contributed by atoms with E-state index in [4.69, 9.17) is 5.73 Å². The first-order valence-corrected chi connectivity index (χ1v) is 5.69. The van der Waals surface area contributed by atoms with Gasteiger partial charge in [0, 0.05) is 5.69 Å². The number of anilines is 1. The smallest absolute Gasteiger partial charge is 0.0314 e. The highest BCUT2D eigenvalue weighted by atomic mass is 32.2. The summed E-state index contributed by atoms with van der Waals surface area (Å²) in [7, 11) is 0. The van der Waals surface area contributed by atoms with Crippen LogP contribution in [-0.4, -0.2) is 11.0 Å². The van der Waals surface area contributed by atoms with Crippen molar-refractivity contribution in [2.24, 2.45) is 0 Å². The van der Waals surface area contributed by atoms with Gasteiger partial charge in [0.1, 0.15) is 0 Å². The van der Waals surface area contributed by atoms with Crippen LogP contribution in [0.2, 0.25) is 0 Å². The number of aryl methyl sites for hydroxylation is 1. The minimum atomic E-state index is 0.730. The lowest BCUT2D eigenvalue weighted by atomic mass is 10.2. The van der Waals surface area contributed by atoms with E-state index < -0.39 is 0 Å². The molecule has 0 aliphatic heterocycles. The van der Waals surface area contributed by atoms with Crippen molar-refractivity contribution in [3.63, 3.8) is 0 Å². The van der Waals surface area contributed by atoms with Crippen molar-refractivity contribution in [3.05, 3.63) is 29.8 Å². The average molecular weight is 195 g/mol. The Balaban J connectivity index is 2.33. The first-order chi connectivity index (χ1) is 6.18. The van der Waals surface area contributed by atoms with Crippen LogP contribution in [0.5, 0.6) is 0 Å². The minimum Gasteiger partial charge on any atom is -0.399 e. The molecular weight excluding hydrogens is 178 g/mol. The van der Waals surface area contributed by atoms with E-state index in [2.05, 4.69) is 26.0 Å². The monoisotopic (exact) mass is 195 g/mol. The molecule has 72 valence electrons. The third kappa shape index (κ3) is 4.23. The van der Waals surface area contributed by atoms with Gasteiger partial charge in [-0.25, -0.2) is 0 Å². The standard InChI is InChI=1S/C11H17NS/c1-9(2)13-8-7-10-3-5-11(12)6-4-10/h3-6,9H,7-8,12H2,1-2H3. The lowest BCUT2D eigenvalue weighted by Gasteiger charge is -2.04. The van der Waals surface area contributed by atoms with E-state index in [0.29, 0.717) is 0 Å². The molecule has 0 atom stereocenters. The van der Waals surface area contributed by atoms with Crippen LogP contribution >= 0.6 is 11.8 Å². The van der Waals surface area contributed by atoms with Gasteiger partial charge in [-0.15, -0.1) is 0 Å². The molecule has 1 nitrogen and oxygen atoms in total. The first kappa shape index (κ1) is 10.5. The normalized spacial score (nSPS) is 10.7. The van der Waals surface area contributed by atoms with Gasteiger partial charge in [-0.1, -0.05) is 26.0 Å². The van der Waals surface area contributed by atoms with E-state index in [1.807, 2.05) is 23.9 Å². The van der Waals surface area contributed by atoms with E-state index in [0.717, 1.165) is 17.4 Å². The maximum atomic E-state index is 5.60. The summed E-state index contributed by atoms with van der Waals surface area (Å²) in [5.41, 5.74) is 7.82. The lowest BCUT2D eigenvalue weighted by molar-refractivity contribution is 1.09. The van der Waals surface area contributed by atoms with E-state index in [9.17, 15) is 0 Å². The van der Waals surface area contributed by atoms with Crippen molar-refractivity contribution in [3.8, 4) is 0 Å². The Morgan fingerprint density at radius 1 is 1.23 bits per heavy atom. The van der Waals surface area contributed by atoms with E-state index in [-0.39, 0.29) is 0 Å². The molecule has 1 aromatic rings. The molecule has 0 fully saturated rings. The fraction of sp³-hybridized carbons (Fsp3) is 0.455. The van der Waals surface area contributed by atoms with Crippen molar-refractivity contribution in [1.82, 2.24) is 0 Å². The van der Waals surface area contributed by atoms with Gasteiger partial charge in [0.25, 0.3) is 0 Å². The van der Waals surface area contributed by atoms with Gasteiger partial charge < -0.3 is 5.73 Å². The number of rotatable bonds is 4. The summed E-state index contributed by atoms with van der Waals surface area (Å²) in [5.74, 6) is 1.20. The quantitative estimate of drug-likeness (QED) is 0.747. The minimum absolute atomic E-state index is 0.730. The van der Waals surface area contributed by atoms with Gasteiger partial charge in [-0.2, -0.15) is 11.8 Å². The first-order valence-electron chi connectivity index (χ1n) is 4.64. The molecule has 0 aliphatic rings. The van der Waals surface area contributed by atoms with Crippen LogP contribution in [0.4, 0.5) is 5.69 Å². The molecule has 0 saturated carbocycles. The highest BCUT2D eigenvalue weighted by Gasteiger charge is 1.96. The van der Waals surface area contributed by atoms with Gasteiger partial charge in [0.15, 0.2) is 0 Å². The molecule has 1 rings (SSSR count). The molecular formula is C11H17NS. The third-order valence-corrected chi connectivity index (χ3v) is 2.93. The third-order valence-electron chi connectivity index (χ3n) is 1.82. The van der Waals surface area contributed by atoms with Crippen molar-refractivity contribution in [2.45, 2.75) is 25.5 Å². The molecule has 1 aromatic carbocycles. The molecule has 13 heavy (non-hydrogen) atoms. The zero-order valence-electron chi connectivity index (χ0n) is 8.29. The lowest BCUT2D eigenvalue weighted by Crippen LogP contribution is -1.94. The SMILES string of the molecule is CC(C)SCCc1ccc(N)cc1. The molecule has 0 aromatic heterocycles. The molecule has 0 aliphatic carbocycles. The maximum absolute atomic E-state index is 5.60. The highest BCUT2D eigenvalue weighted by Crippen LogP contribution is 2.13. The largest absolute Gasteiger partial charge is 0.399 e. The van der Waals surface area contributed by atoms with Crippen LogP contribution < -0.4 is 5.73 Å². The number of nitrogens with two attached hydrogens (primary N) is 1. The Kier molecular flexibility index (Phi) is 4.16. The molecule has 0 amide bonds. The number of hydrogen-bond donors (Lipinski definition) is 1. The van der Waals surface area contributed by atoms with Crippen LogP contribution in [0.3, 0.4) is 0 Å². The number of hydrogen-bond acceptors (Lipinski definition) is 2. The van der Waals surface area contributed by atoms with Crippen molar-refractivity contribution in [2.75, 3.05) is 11.5 Å². The molecule has 0 spiro atoms. The van der Waals surface area contributed by atoms with Crippen molar-refractivity contribution in [1.29, 1.82) is 0 Å². The summed E-state index contributed by atoms with van der Waals surface area (Å²) in [6.45, 7) is 4.46. The van der Waals surface area contributed by atoms with Crippen LogP contribution in [0, 0.1) is 0 Å².